The highest BCUT2D eigenvalue weighted by molar-refractivity contribution is 5.30. The standard InChI is InChI=1S/C15H21F2NO2/c1-10-2-4-15(9-19,5-3-10)18-8-11-6-12(16)14(20)13(17)7-11/h6-7,10,18-20H,2-5,8-9H2,1H3. The van der Waals surface area contributed by atoms with Gasteiger partial charge < -0.3 is 15.5 Å². The van der Waals surface area contributed by atoms with Gasteiger partial charge in [0.25, 0.3) is 0 Å². The van der Waals surface area contributed by atoms with Gasteiger partial charge in [0.15, 0.2) is 17.4 Å². The molecule has 0 amide bonds. The molecule has 0 bridgehead atoms. The number of halogens is 2. The Balaban J connectivity index is 2.03. The van der Waals surface area contributed by atoms with E-state index in [0.717, 1.165) is 37.8 Å². The maximum absolute atomic E-state index is 13.3. The van der Waals surface area contributed by atoms with Crippen LogP contribution in [0.3, 0.4) is 0 Å². The molecule has 0 aromatic heterocycles. The third kappa shape index (κ3) is 3.27. The van der Waals surface area contributed by atoms with Gasteiger partial charge in [-0.05, 0) is 49.3 Å². The van der Waals surface area contributed by atoms with E-state index in [1.54, 1.807) is 0 Å². The summed E-state index contributed by atoms with van der Waals surface area (Å²) in [7, 11) is 0. The average Bonchev–Trinajstić information content (AvgIpc) is 2.44. The fourth-order valence-corrected chi connectivity index (χ4v) is 2.72. The monoisotopic (exact) mass is 285 g/mol. The molecule has 20 heavy (non-hydrogen) atoms. The van der Waals surface area contributed by atoms with Gasteiger partial charge in [-0.2, -0.15) is 0 Å². The third-order valence-electron chi connectivity index (χ3n) is 4.28. The fraction of sp³-hybridized carbons (Fsp3) is 0.600. The van der Waals surface area contributed by atoms with Gasteiger partial charge in [-0.3, -0.25) is 0 Å². The Kier molecular flexibility index (Phi) is 4.60. The van der Waals surface area contributed by atoms with Gasteiger partial charge in [-0.25, -0.2) is 8.78 Å². The number of rotatable bonds is 4. The molecule has 1 aliphatic rings. The van der Waals surface area contributed by atoms with Crippen molar-refractivity contribution in [1.82, 2.24) is 5.32 Å². The van der Waals surface area contributed by atoms with Gasteiger partial charge in [0, 0.05) is 12.1 Å². The molecule has 3 nitrogen and oxygen atoms in total. The van der Waals surface area contributed by atoms with E-state index in [1.165, 1.54) is 0 Å². The van der Waals surface area contributed by atoms with E-state index in [1.807, 2.05) is 0 Å². The molecule has 2 rings (SSSR count). The molecule has 0 saturated heterocycles. The second kappa shape index (κ2) is 6.06. The van der Waals surface area contributed by atoms with Crippen LogP contribution < -0.4 is 5.32 Å². The summed E-state index contributed by atoms with van der Waals surface area (Å²) in [6.07, 6.45) is 3.78. The van der Waals surface area contributed by atoms with Gasteiger partial charge in [0.05, 0.1) is 6.61 Å². The summed E-state index contributed by atoms with van der Waals surface area (Å²) in [5.74, 6) is -2.22. The lowest BCUT2D eigenvalue weighted by atomic mass is 9.77. The molecular weight excluding hydrogens is 264 g/mol. The fourth-order valence-electron chi connectivity index (χ4n) is 2.72. The third-order valence-corrected chi connectivity index (χ3v) is 4.28. The smallest absolute Gasteiger partial charge is 0.187 e. The summed E-state index contributed by atoms with van der Waals surface area (Å²) in [5.41, 5.74) is 0.0569. The lowest BCUT2D eigenvalue weighted by Crippen LogP contribution is -2.50. The van der Waals surface area contributed by atoms with Crippen LogP contribution in [0.1, 0.15) is 38.2 Å². The molecule has 1 aromatic rings. The van der Waals surface area contributed by atoms with Crippen LogP contribution in [-0.4, -0.2) is 22.4 Å². The zero-order chi connectivity index (χ0) is 14.8. The van der Waals surface area contributed by atoms with E-state index in [2.05, 4.69) is 12.2 Å². The van der Waals surface area contributed by atoms with Gasteiger partial charge >= 0.3 is 0 Å². The Bertz CT molecular complexity index is 448. The molecule has 0 atom stereocenters. The van der Waals surface area contributed by atoms with Crippen LogP contribution in [0.25, 0.3) is 0 Å². The summed E-state index contributed by atoms with van der Waals surface area (Å²) in [4.78, 5) is 0. The summed E-state index contributed by atoms with van der Waals surface area (Å²) < 4.78 is 26.5. The lowest BCUT2D eigenvalue weighted by Gasteiger charge is -2.39. The molecule has 0 radical (unpaired) electrons. The van der Waals surface area contributed by atoms with E-state index in [4.69, 9.17) is 5.11 Å². The van der Waals surface area contributed by atoms with E-state index in [9.17, 15) is 13.9 Å². The number of phenolic OH excluding ortho intramolecular Hbond substituents is 1. The van der Waals surface area contributed by atoms with E-state index in [0.29, 0.717) is 11.5 Å². The molecule has 1 aromatic carbocycles. The predicted octanol–water partition coefficient (Wildman–Crippen LogP) is 2.70. The van der Waals surface area contributed by atoms with Crippen LogP contribution in [0.15, 0.2) is 12.1 Å². The normalized spacial score (nSPS) is 26.7. The molecule has 0 spiro atoms. The highest BCUT2D eigenvalue weighted by Crippen LogP contribution is 2.32. The predicted molar refractivity (Wildman–Crippen MR) is 72.3 cm³/mol. The zero-order valence-electron chi connectivity index (χ0n) is 11.6. The van der Waals surface area contributed by atoms with Crippen LogP contribution in [0.5, 0.6) is 5.75 Å². The number of aromatic hydroxyl groups is 1. The first-order chi connectivity index (χ1) is 9.46. The number of nitrogens with one attached hydrogen (secondary N) is 1. The van der Waals surface area contributed by atoms with E-state index < -0.39 is 17.4 Å². The Morgan fingerprint density at radius 2 is 1.80 bits per heavy atom. The van der Waals surface area contributed by atoms with Crippen LogP contribution in [-0.2, 0) is 6.54 Å². The van der Waals surface area contributed by atoms with Crippen molar-refractivity contribution in [2.24, 2.45) is 5.92 Å². The second-order valence-electron chi connectivity index (χ2n) is 5.88. The van der Waals surface area contributed by atoms with Gasteiger partial charge in [-0.1, -0.05) is 6.92 Å². The number of hydrogen-bond acceptors (Lipinski definition) is 3. The molecular formula is C15H21F2NO2. The summed E-state index contributed by atoms with van der Waals surface area (Å²) in [5, 5.41) is 21.9. The van der Waals surface area contributed by atoms with Crippen molar-refractivity contribution in [3.05, 3.63) is 29.3 Å². The highest BCUT2D eigenvalue weighted by atomic mass is 19.1. The summed E-state index contributed by atoms with van der Waals surface area (Å²) in [6, 6.07) is 2.23. The Morgan fingerprint density at radius 3 is 2.30 bits per heavy atom. The zero-order valence-corrected chi connectivity index (χ0v) is 11.6. The van der Waals surface area contributed by atoms with Crippen molar-refractivity contribution in [1.29, 1.82) is 0 Å². The number of hydrogen-bond donors (Lipinski definition) is 3. The average molecular weight is 285 g/mol. The van der Waals surface area contributed by atoms with Crippen molar-refractivity contribution in [2.45, 2.75) is 44.7 Å². The van der Waals surface area contributed by atoms with Crippen LogP contribution >= 0.6 is 0 Å². The molecule has 1 aliphatic carbocycles. The minimum atomic E-state index is -0.961. The van der Waals surface area contributed by atoms with Crippen molar-refractivity contribution in [2.75, 3.05) is 6.61 Å². The van der Waals surface area contributed by atoms with Crippen LogP contribution in [0.4, 0.5) is 8.78 Å². The van der Waals surface area contributed by atoms with Gasteiger partial charge in [0.1, 0.15) is 0 Å². The van der Waals surface area contributed by atoms with Crippen LogP contribution in [0, 0.1) is 17.6 Å². The first-order valence-electron chi connectivity index (χ1n) is 6.98. The number of aliphatic hydroxyl groups is 1. The lowest BCUT2D eigenvalue weighted by molar-refractivity contribution is 0.104. The maximum atomic E-state index is 13.3. The molecule has 0 aliphatic heterocycles. The molecule has 1 saturated carbocycles. The molecule has 0 heterocycles. The maximum Gasteiger partial charge on any atom is 0.187 e. The van der Waals surface area contributed by atoms with Crippen molar-refractivity contribution in [3.63, 3.8) is 0 Å². The topological polar surface area (TPSA) is 52.5 Å². The van der Waals surface area contributed by atoms with Crippen molar-refractivity contribution >= 4 is 0 Å². The quantitative estimate of drug-likeness (QED) is 0.797. The Morgan fingerprint density at radius 1 is 1.25 bits per heavy atom. The minimum Gasteiger partial charge on any atom is -0.503 e. The first kappa shape index (κ1) is 15.2. The number of aliphatic hydroxyl groups excluding tert-OH is 1. The first-order valence-corrected chi connectivity index (χ1v) is 6.98. The SMILES string of the molecule is CC1CCC(CO)(NCc2cc(F)c(O)c(F)c2)CC1. The molecule has 3 N–H and O–H groups in total. The van der Waals surface area contributed by atoms with Gasteiger partial charge in [-0.15, -0.1) is 0 Å². The minimum absolute atomic E-state index is 0.0166. The highest BCUT2D eigenvalue weighted by Gasteiger charge is 2.33. The summed E-state index contributed by atoms with van der Waals surface area (Å²) in [6.45, 7) is 2.47. The van der Waals surface area contributed by atoms with Gasteiger partial charge in [0.2, 0.25) is 0 Å². The molecule has 0 unspecified atom stereocenters. The Labute approximate surface area is 117 Å². The molecule has 1 fully saturated rings. The second-order valence-corrected chi connectivity index (χ2v) is 5.88. The number of phenols is 1. The molecule has 5 heteroatoms. The number of benzene rings is 1. The largest absolute Gasteiger partial charge is 0.503 e. The Hall–Kier alpha value is -1.20. The van der Waals surface area contributed by atoms with Crippen molar-refractivity contribution < 1.29 is 19.0 Å². The van der Waals surface area contributed by atoms with E-state index in [-0.39, 0.29) is 18.7 Å². The van der Waals surface area contributed by atoms with E-state index >= 15 is 0 Å². The van der Waals surface area contributed by atoms with Crippen molar-refractivity contribution in [3.8, 4) is 5.75 Å². The van der Waals surface area contributed by atoms with Crippen LogP contribution in [0.2, 0.25) is 0 Å². The summed E-state index contributed by atoms with van der Waals surface area (Å²) >= 11 is 0. The molecule has 112 valence electrons.